The van der Waals surface area contributed by atoms with Crippen molar-refractivity contribution in [2.75, 3.05) is 5.32 Å². The number of ether oxygens (including phenoxy) is 1. The number of aryl methyl sites for hydroxylation is 1. The van der Waals surface area contributed by atoms with Crippen molar-refractivity contribution in [3.8, 4) is 5.75 Å². The Morgan fingerprint density at radius 1 is 1.13 bits per heavy atom. The average molecular weight is 312 g/mol. The van der Waals surface area contributed by atoms with E-state index in [0.717, 1.165) is 6.42 Å². The molecule has 0 aliphatic rings. The van der Waals surface area contributed by atoms with Gasteiger partial charge in [-0.25, -0.2) is 0 Å². The van der Waals surface area contributed by atoms with Gasteiger partial charge in [0, 0.05) is 0 Å². The van der Waals surface area contributed by atoms with Crippen molar-refractivity contribution in [3.63, 3.8) is 0 Å². The Kier molecular flexibility index (Phi) is 5.36. The maximum absolute atomic E-state index is 12.2. The Bertz CT molecular complexity index is 696. The van der Waals surface area contributed by atoms with Gasteiger partial charge in [0.05, 0.1) is 11.3 Å². The van der Waals surface area contributed by atoms with Crippen molar-refractivity contribution in [1.29, 1.82) is 0 Å². The van der Waals surface area contributed by atoms with Crippen LogP contribution in [-0.2, 0) is 11.2 Å². The number of nitrogens with two attached hydrogens (primary N) is 1. The number of carbonyl (C=O) groups excluding carboxylic acids is 2. The van der Waals surface area contributed by atoms with Crippen LogP contribution in [0.1, 0.15) is 29.8 Å². The zero-order chi connectivity index (χ0) is 16.8. The lowest BCUT2D eigenvalue weighted by Crippen LogP contribution is -2.31. The maximum atomic E-state index is 12.2. The molecule has 0 radical (unpaired) electrons. The Morgan fingerprint density at radius 3 is 2.39 bits per heavy atom. The summed E-state index contributed by atoms with van der Waals surface area (Å²) in [5.41, 5.74) is 7.14. The third kappa shape index (κ3) is 4.32. The van der Waals surface area contributed by atoms with E-state index >= 15 is 0 Å². The highest BCUT2D eigenvalue weighted by Gasteiger charge is 2.17. The third-order valence-corrected chi connectivity index (χ3v) is 3.46. The van der Waals surface area contributed by atoms with Gasteiger partial charge in [0.1, 0.15) is 5.75 Å². The van der Waals surface area contributed by atoms with Gasteiger partial charge in [-0.1, -0.05) is 31.2 Å². The molecule has 0 saturated carbocycles. The second kappa shape index (κ2) is 7.45. The summed E-state index contributed by atoms with van der Waals surface area (Å²) in [5, 5.41) is 2.67. The van der Waals surface area contributed by atoms with E-state index in [9.17, 15) is 9.59 Å². The van der Waals surface area contributed by atoms with E-state index in [0.29, 0.717) is 11.4 Å². The molecule has 0 spiro atoms. The number of nitrogens with one attached hydrogen (secondary N) is 1. The number of anilines is 1. The lowest BCUT2D eigenvalue weighted by Gasteiger charge is -2.16. The summed E-state index contributed by atoms with van der Waals surface area (Å²) in [5.74, 6) is -0.323. The molecule has 0 fully saturated rings. The van der Waals surface area contributed by atoms with Crippen LogP contribution in [0.15, 0.2) is 48.5 Å². The molecule has 23 heavy (non-hydrogen) atoms. The van der Waals surface area contributed by atoms with E-state index in [1.54, 1.807) is 31.2 Å². The molecule has 0 heterocycles. The zero-order valence-corrected chi connectivity index (χ0v) is 13.2. The molecule has 5 heteroatoms. The lowest BCUT2D eigenvalue weighted by molar-refractivity contribution is -0.122. The minimum absolute atomic E-state index is 0.264. The summed E-state index contributed by atoms with van der Waals surface area (Å²) in [6.07, 6.45) is 0.239. The van der Waals surface area contributed by atoms with Crippen LogP contribution in [-0.4, -0.2) is 17.9 Å². The Morgan fingerprint density at radius 2 is 1.78 bits per heavy atom. The number of hydrogen-bond donors (Lipinski definition) is 2. The predicted octanol–water partition coefficient (Wildman–Crippen LogP) is 2.75. The topological polar surface area (TPSA) is 81.4 Å². The molecule has 3 N–H and O–H groups in total. The number of benzene rings is 2. The standard InChI is InChI=1S/C18H20N2O3/c1-3-13-8-10-14(11-9-13)23-12(2)18(22)20-16-7-5-4-6-15(16)17(19)21/h4-12H,3H2,1-2H3,(H2,19,21)(H,20,22)/t12-/m0/s1. The molecule has 2 rings (SSSR count). The molecule has 0 bridgehead atoms. The molecule has 1 atom stereocenters. The summed E-state index contributed by atoms with van der Waals surface area (Å²) < 4.78 is 5.62. The van der Waals surface area contributed by atoms with Crippen LogP contribution in [0.3, 0.4) is 0 Å². The number of para-hydroxylation sites is 1. The molecule has 0 aliphatic heterocycles. The Balaban J connectivity index is 2.04. The molecular formula is C18H20N2O3. The first-order chi connectivity index (χ1) is 11.0. The van der Waals surface area contributed by atoms with Gasteiger partial charge < -0.3 is 15.8 Å². The van der Waals surface area contributed by atoms with Gasteiger partial charge in [-0.15, -0.1) is 0 Å². The average Bonchev–Trinajstić information content (AvgIpc) is 2.55. The van der Waals surface area contributed by atoms with Gasteiger partial charge in [-0.05, 0) is 43.2 Å². The Labute approximate surface area is 135 Å². The second-order valence-corrected chi connectivity index (χ2v) is 5.16. The molecule has 0 unspecified atom stereocenters. The number of rotatable bonds is 6. The zero-order valence-electron chi connectivity index (χ0n) is 13.2. The van der Waals surface area contributed by atoms with E-state index in [4.69, 9.17) is 10.5 Å². The summed E-state index contributed by atoms with van der Waals surface area (Å²) in [6.45, 7) is 3.72. The molecule has 120 valence electrons. The first-order valence-corrected chi connectivity index (χ1v) is 7.46. The third-order valence-electron chi connectivity index (χ3n) is 3.46. The first-order valence-electron chi connectivity index (χ1n) is 7.46. The van der Waals surface area contributed by atoms with Crippen LogP contribution in [0.5, 0.6) is 5.75 Å². The summed E-state index contributed by atoms with van der Waals surface area (Å²) >= 11 is 0. The fourth-order valence-corrected chi connectivity index (χ4v) is 2.10. The molecule has 5 nitrogen and oxygen atoms in total. The lowest BCUT2D eigenvalue weighted by atomic mass is 10.1. The highest BCUT2D eigenvalue weighted by atomic mass is 16.5. The van der Waals surface area contributed by atoms with Crippen molar-refractivity contribution in [2.24, 2.45) is 5.73 Å². The van der Waals surface area contributed by atoms with E-state index in [1.807, 2.05) is 24.3 Å². The van der Waals surface area contributed by atoms with Gasteiger partial charge in [-0.3, -0.25) is 9.59 Å². The van der Waals surface area contributed by atoms with Gasteiger partial charge in [0.15, 0.2) is 6.10 Å². The van der Waals surface area contributed by atoms with Crippen LogP contribution in [0.25, 0.3) is 0 Å². The van der Waals surface area contributed by atoms with Gasteiger partial charge in [-0.2, -0.15) is 0 Å². The molecule has 0 saturated heterocycles. The summed E-state index contributed by atoms with van der Waals surface area (Å²) in [7, 11) is 0. The number of primary amides is 1. The fraction of sp³-hybridized carbons (Fsp3) is 0.222. The SMILES string of the molecule is CCc1ccc(O[C@@H](C)C(=O)Nc2ccccc2C(N)=O)cc1. The van der Waals surface area contributed by atoms with Crippen LogP contribution in [0, 0.1) is 0 Å². The van der Waals surface area contributed by atoms with Crippen molar-refractivity contribution in [1.82, 2.24) is 0 Å². The van der Waals surface area contributed by atoms with E-state index in [1.165, 1.54) is 5.56 Å². The molecule has 2 amide bonds. The normalized spacial score (nSPS) is 11.6. The van der Waals surface area contributed by atoms with Gasteiger partial charge >= 0.3 is 0 Å². The minimum atomic E-state index is -0.705. The van der Waals surface area contributed by atoms with E-state index < -0.39 is 12.0 Å². The van der Waals surface area contributed by atoms with Crippen molar-refractivity contribution < 1.29 is 14.3 Å². The number of amides is 2. The van der Waals surface area contributed by atoms with Crippen molar-refractivity contribution >= 4 is 17.5 Å². The van der Waals surface area contributed by atoms with Crippen LogP contribution in [0.4, 0.5) is 5.69 Å². The minimum Gasteiger partial charge on any atom is -0.481 e. The number of carbonyl (C=O) groups is 2. The van der Waals surface area contributed by atoms with E-state index in [-0.39, 0.29) is 11.5 Å². The summed E-state index contributed by atoms with van der Waals surface area (Å²) in [4.78, 5) is 23.6. The van der Waals surface area contributed by atoms with Crippen LogP contribution >= 0.6 is 0 Å². The first kappa shape index (κ1) is 16.5. The quantitative estimate of drug-likeness (QED) is 0.860. The molecule has 2 aromatic rings. The van der Waals surface area contributed by atoms with Crippen molar-refractivity contribution in [3.05, 3.63) is 59.7 Å². The fourth-order valence-electron chi connectivity index (χ4n) is 2.10. The molecule has 0 aliphatic carbocycles. The van der Waals surface area contributed by atoms with E-state index in [2.05, 4.69) is 12.2 Å². The second-order valence-electron chi connectivity index (χ2n) is 5.16. The van der Waals surface area contributed by atoms with Crippen LogP contribution in [0.2, 0.25) is 0 Å². The molecule has 0 aromatic heterocycles. The highest BCUT2D eigenvalue weighted by Crippen LogP contribution is 2.17. The van der Waals surface area contributed by atoms with Gasteiger partial charge in [0.25, 0.3) is 11.8 Å². The molecular weight excluding hydrogens is 292 g/mol. The summed E-state index contributed by atoms with van der Waals surface area (Å²) in [6, 6.07) is 14.2. The smallest absolute Gasteiger partial charge is 0.265 e. The van der Waals surface area contributed by atoms with Crippen molar-refractivity contribution in [2.45, 2.75) is 26.4 Å². The Hall–Kier alpha value is -2.82. The van der Waals surface area contributed by atoms with Gasteiger partial charge in [0.2, 0.25) is 0 Å². The maximum Gasteiger partial charge on any atom is 0.265 e. The van der Waals surface area contributed by atoms with Crippen LogP contribution < -0.4 is 15.8 Å². The predicted molar refractivity (Wildman–Crippen MR) is 89.5 cm³/mol. The molecule has 2 aromatic carbocycles. The number of hydrogen-bond acceptors (Lipinski definition) is 3. The highest BCUT2D eigenvalue weighted by molar-refractivity contribution is 6.03. The monoisotopic (exact) mass is 312 g/mol. The largest absolute Gasteiger partial charge is 0.481 e.